The Morgan fingerprint density at radius 1 is 1.14 bits per heavy atom. The molecular weight excluding hydrogens is 372 g/mol. The highest BCUT2D eigenvalue weighted by Crippen LogP contribution is 2.24. The number of hydrogen-bond donors (Lipinski definition) is 1. The van der Waals surface area contributed by atoms with Crippen LogP contribution in [0.25, 0.3) is 0 Å². The third-order valence-corrected chi connectivity index (χ3v) is 6.82. The highest BCUT2D eigenvalue weighted by atomic mass is 32.2. The van der Waals surface area contributed by atoms with Crippen molar-refractivity contribution in [3.8, 4) is 0 Å². The van der Waals surface area contributed by atoms with Crippen LogP contribution in [0.1, 0.15) is 47.7 Å². The van der Waals surface area contributed by atoms with E-state index >= 15 is 0 Å². The van der Waals surface area contributed by atoms with Crippen LogP contribution < -0.4 is 4.72 Å². The Morgan fingerprint density at radius 2 is 1.86 bits per heavy atom. The third-order valence-electron chi connectivity index (χ3n) is 5.44. The predicted octanol–water partition coefficient (Wildman–Crippen LogP) is 4.37. The summed E-state index contributed by atoms with van der Waals surface area (Å²) in [7, 11) is -3.77. The first-order chi connectivity index (χ1) is 13.3. The summed E-state index contributed by atoms with van der Waals surface area (Å²) in [6, 6.07) is 11.9. The van der Waals surface area contributed by atoms with Gasteiger partial charge in [-0.15, -0.1) is 0 Å². The van der Waals surface area contributed by atoms with Gasteiger partial charge in [-0.25, -0.2) is 8.42 Å². The van der Waals surface area contributed by atoms with Crippen LogP contribution in [0.2, 0.25) is 0 Å². The molecule has 1 aliphatic rings. The number of likely N-dealkylation sites (tertiary alicyclic amines) is 1. The van der Waals surface area contributed by atoms with Crippen molar-refractivity contribution in [1.29, 1.82) is 0 Å². The second-order valence-corrected chi connectivity index (χ2v) is 9.30. The molecule has 28 heavy (non-hydrogen) atoms. The zero-order valence-corrected chi connectivity index (χ0v) is 17.6. The molecule has 1 fully saturated rings. The molecular formula is C22H28N2O3S. The number of nitrogens with zero attached hydrogens (tertiary/aromatic N) is 1. The van der Waals surface area contributed by atoms with Gasteiger partial charge < -0.3 is 4.90 Å². The molecule has 5 nitrogen and oxygen atoms in total. The fraction of sp³-hybridized carbons (Fsp3) is 0.409. The van der Waals surface area contributed by atoms with Gasteiger partial charge in [0.25, 0.3) is 15.9 Å². The number of carbonyl (C=O) groups is 1. The molecule has 1 amide bonds. The fourth-order valence-corrected chi connectivity index (χ4v) is 4.67. The molecule has 0 radical (unpaired) electrons. The molecule has 0 bridgehead atoms. The topological polar surface area (TPSA) is 66.5 Å². The van der Waals surface area contributed by atoms with Gasteiger partial charge in [-0.05, 0) is 62.4 Å². The van der Waals surface area contributed by atoms with Crippen LogP contribution in [0.15, 0.2) is 47.4 Å². The van der Waals surface area contributed by atoms with E-state index in [9.17, 15) is 13.2 Å². The molecule has 1 saturated heterocycles. The van der Waals surface area contributed by atoms with Crippen LogP contribution in [0.5, 0.6) is 0 Å². The number of anilines is 1. The Morgan fingerprint density at radius 3 is 2.54 bits per heavy atom. The summed E-state index contributed by atoms with van der Waals surface area (Å²) in [5.74, 6) is 0.441. The van der Waals surface area contributed by atoms with E-state index in [2.05, 4.69) is 11.6 Å². The first-order valence-electron chi connectivity index (χ1n) is 9.79. The van der Waals surface area contributed by atoms with E-state index in [1.54, 1.807) is 24.3 Å². The van der Waals surface area contributed by atoms with E-state index in [1.807, 2.05) is 30.9 Å². The quantitative estimate of drug-likeness (QED) is 0.811. The molecule has 0 spiro atoms. The van der Waals surface area contributed by atoms with Crippen molar-refractivity contribution >= 4 is 21.6 Å². The van der Waals surface area contributed by atoms with Gasteiger partial charge in [0.1, 0.15) is 0 Å². The van der Waals surface area contributed by atoms with Crippen molar-refractivity contribution in [2.45, 2.75) is 44.9 Å². The van der Waals surface area contributed by atoms with Gasteiger partial charge in [-0.1, -0.05) is 37.1 Å². The van der Waals surface area contributed by atoms with Gasteiger partial charge >= 0.3 is 0 Å². The van der Waals surface area contributed by atoms with Crippen molar-refractivity contribution < 1.29 is 13.2 Å². The summed E-state index contributed by atoms with van der Waals surface area (Å²) >= 11 is 0. The van der Waals surface area contributed by atoms with Crippen LogP contribution in [0.4, 0.5) is 5.69 Å². The van der Waals surface area contributed by atoms with E-state index in [4.69, 9.17) is 0 Å². The van der Waals surface area contributed by atoms with Crippen molar-refractivity contribution in [1.82, 2.24) is 4.90 Å². The Hall–Kier alpha value is -2.34. The van der Waals surface area contributed by atoms with Gasteiger partial charge in [0.15, 0.2) is 0 Å². The van der Waals surface area contributed by atoms with E-state index in [0.717, 1.165) is 43.5 Å². The monoisotopic (exact) mass is 400 g/mol. The van der Waals surface area contributed by atoms with Gasteiger partial charge in [0.2, 0.25) is 0 Å². The molecule has 2 aromatic rings. The first-order valence-corrected chi connectivity index (χ1v) is 11.3. The van der Waals surface area contributed by atoms with Gasteiger partial charge in [0, 0.05) is 24.3 Å². The van der Waals surface area contributed by atoms with E-state index in [-0.39, 0.29) is 10.8 Å². The molecule has 0 saturated carbocycles. The number of aryl methyl sites for hydroxylation is 2. The molecule has 150 valence electrons. The molecule has 6 heteroatoms. The van der Waals surface area contributed by atoms with Crippen LogP contribution in [0, 0.1) is 19.8 Å². The number of sulfonamides is 1. The second kappa shape index (κ2) is 8.35. The summed E-state index contributed by atoms with van der Waals surface area (Å²) in [5.41, 5.74) is 2.81. The Balaban J connectivity index is 1.86. The molecule has 1 unspecified atom stereocenters. The standard InChI is InChI=1S/C22H28N2O3S/c1-4-18-6-5-13-24(15-18)22(25)21-14-20(12-9-17(21)3)28(26,27)23-19-10-7-16(2)8-11-19/h7-12,14,18,23H,4-6,13,15H2,1-3H3. The average molecular weight is 401 g/mol. The fourth-order valence-electron chi connectivity index (χ4n) is 3.59. The van der Waals surface area contributed by atoms with Crippen molar-refractivity contribution in [2.24, 2.45) is 5.92 Å². The largest absolute Gasteiger partial charge is 0.338 e. The van der Waals surface area contributed by atoms with E-state index < -0.39 is 10.0 Å². The average Bonchev–Trinajstić information content (AvgIpc) is 2.69. The molecule has 3 rings (SSSR count). The maximum atomic E-state index is 13.1. The Labute approximate surface area is 167 Å². The highest BCUT2D eigenvalue weighted by molar-refractivity contribution is 7.92. The Kier molecular flexibility index (Phi) is 6.08. The smallest absolute Gasteiger partial charge is 0.261 e. The summed E-state index contributed by atoms with van der Waals surface area (Å²) < 4.78 is 28.2. The van der Waals surface area contributed by atoms with Crippen molar-refractivity contribution in [3.05, 3.63) is 59.2 Å². The zero-order valence-electron chi connectivity index (χ0n) is 16.7. The number of rotatable bonds is 5. The summed E-state index contributed by atoms with van der Waals surface area (Å²) in [4.78, 5) is 15.0. The van der Waals surface area contributed by atoms with E-state index in [0.29, 0.717) is 17.2 Å². The maximum absolute atomic E-state index is 13.1. The Bertz CT molecular complexity index is 952. The molecule has 1 aliphatic heterocycles. The number of hydrogen-bond acceptors (Lipinski definition) is 3. The first kappa shape index (κ1) is 20.4. The summed E-state index contributed by atoms with van der Waals surface area (Å²) in [6.07, 6.45) is 3.20. The molecule has 2 aromatic carbocycles. The molecule has 1 N–H and O–H groups in total. The lowest BCUT2D eigenvalue weighted by atomic mass is 9.95. The number of nitrogens with one attached hydrogen (secondary N) is 1. The summed E-state index contributed by atoms with van der Waals surface area (Å²) in [6.45, 7) is 7.41. The lowest BCUT2D eigenvalue weighted by Gasteiger charge is -2.32. The zero-order chi connectivity index (χ0) is 20.3. The minimum absolute atomic E-state index is 0.0805. The summed E-state index contributed by atoms with van der Waals surface area (Å²) in [5, 5.41) is 0. The number of benzene rings is 2. The highest BCUT2D eigenvalue weighted by Gasteiger charge is 2.26. The molecule has 0 aromatic heterocycles. The number of amides is 1. The number of carbonyl (C=O) groups excluding carboxylic acids is 1. The van der Waals surface area contributed by atoms with Crippen LogP contribution in [0.3, 0.4) is 0 Å². The lowest BCUT2D eigenvalue weighted by Crippen LogP contribution is -2.40. The molecule has 0 aliphatic carbocycles. The molecule has 1 heterocycles. The second-order valence-electron chi connectivity index (χ2n) is 7.62. The normalized spacial score (nSPS) is 17.4. The minimum atomic E-state index is -3.77. The maximum Gasteiger partial charge on any atom is 0.261 e. The van der Waals surface area contributed by atoms with Crippen molar-refractivity contribution in [2.75, 3.05) is 17.8 Å². The van der Waals surface area contributed by atoms with Gasteiger partial charge in [-0.2, -0.15) is 0 Å². The molecule has 1 atom stereocenters. The van der Waals surface area contributed by atoms with Gasteiger partial charge in [-0.3, -0.25) is 9.52 Å². The van der Waals surface area contributed by atoms with Crippen LogP contribution in [-0.2, 0) is 10.0 Å². The van der Waals surface area contributed by atoms with Crippen molar-refractivity contribution in [3.63, 3.8) is 0 Å². The van der Waals surface area contributed by atoms with Crippen LogP contribution in [-0.4, -0.2) is 32.3 Å². The van der Waals surface area contributed by atoms with E-state index in [1.165, 1.54) is 6.07 Å². The third kappa shape index (κ3) is 4.55. The lowest BCUT2D eigenvalue weighted by molar-refractivity contribution is 0.0670. The number of piperidine rings is 1. The van der Waals surface area contributed by atoms with Gasteiger partial charge in [0.05, 0.1) is 4.90 Å². The minimum Gasteiger partial charge on any atom is -0.338 e. The SMILES string of the molecule is CCC1CCCN(C(=O)c2cc(S(=O)(=O)Nc3ccc(C)cc3)ccc2C)C1. The van der Waals surface area contributed by atoms with Crippen LogP contribution >= 0.6 is 0 Å². The predicted molar refractivity (Wildman–Crippen MR) is 112 cm³/mol.